The lowest BCUT2D eigenvalue weighted by Gasteiger charge is -2.22. The first kappa shape index (κ1) is 11.2. The van der Waals surface area contributed by atoms with Crippen molar-refractivity contribution in [2.24, 2.45) is 0 Å². The van der Waals surface area contributed by atoms with E-state index in [1.54, 1.807) is 6.26 Å². The van der Waals surface area contributed by atoms with Gasteiger partial charge in [0.25, 0.3) is 0 Å². The van der Waals surface area contributed by atoms with Crippen LogP contribution in [-0.4, -0.2) is 25.0 Å². The number of carbonyl (C=O) groups is 1. The van der Waals surface area contributed by atoms with Crippen molar-refractivity contribution in [1.82, 2.24) is 10.6 Å². The summed E-state index contributed by atoms with van der Waals surface area (Å²) in [6.45, 7) is 1.60. The normalized spacial score (nSPS) is 20.6. The van der Waals surface area contributed by atoms with Gasteiger partial charge < -0.3 is 15.1 Å². The van der Waals surface area contributed by atoms with Crippen LogP contribution in [0, 0.1) is 0 Å². The highest BCUT2D eigenvalue weighted by molar-refractivity contribution is 5.81. The van der Waals surface area contributed by atoms with Crippen LogP contribution in [0.15, 0.2) is 22.8 Å². The minimum Gasteiger partial charge on any atom is -0.469 e. The molecule has 0 bridgehead atoms. The molecule has 1 aromatic rings. The summed E-state index contributed by atoms with van der Waals surface area (Å²) in [4.78, 5) is 11.7. The molecule has 0 aromatic carbocycles. The maximum absolute atomic E-state index is 11.7. The second kappa shape index (κ2) is 5.70. The molecule has 0 spiro atoms. The number of nitrogens with one attached hydrogen (secondary N) is 2. The Morgan fingerprint density at radius 3 is 3.19 bits per heavy atom. The largest absolute Gasteiger partial charge is 0.469 e. The summed E-state index contributed by atoms with van der Waals surface area (Å²) < 4.78 is 5.19. The highest BCUT2D eigenvalue weighted by Crippen LogP contribution is 2.06. The Labute approximate surface area is 95.4 Å². The highest BCUT2D eigenvalue weighted by atomic mass is 16.3. The van der Waals surface area contributed by atoms with E-state index in [0.717, 1.165) is 31.6 Å². The second-order valence-corrected chi connectivity index (χ2v) is 4.12. The van der Waals surface area contributed by atoms with E-state index in [0.29, 0.717) is 6.54 Å². The predicted octanol–water partition coefficient (Wildman–Crippen LogP) is 1.08. The second-order valence-electron chi connectivity index (χ2n) is 4.12. The third-order valence-corrected chi connectivity index (χ3v) is 2.88. The van der Waals surface area contributed by atoms with Crippen LogP contribution in [-0.2, 0) is 11.2 Å². The molecule has 4 heteroatoms. The Balaban J connectivity index is 1.67. The quantitative estimate of drug-likeness (QED) is 0.801. The lowest BCUT2D eigenvalue weighted by Crippen LogP contribution is -2.47. The molecule has 0 unspecified atom stereocenters. The first-order chi connectivity index (χ1) is 7.86. The Morgan fingerprint density at radius 2 is 2.50 bits per heavy atom. The van der Waals surface area contributed by atoms with Gasteiger partial charge in [0.2, 0.25) is 5.91 Å². The molecule has 0 radical (unpaired) electrons. The molecular formula is C12H18N2O2. The summed E-state index contributed by atoms with van der Waals surface area (Å²) >= 11 is 0. The van der Waals surface area contributed by atoms with E-state index in [1.807, 2.05) is 12.1 Å². The van der Waals surface area contributed by atoms with Gasteiger partial charge >= 0.3 is 0 Å². The molecule has 1 atom stereocenters. The number of carbonyl (C=O) groups excluding carboxylic acids is 1. The SMILES string of the molecule is O=C(NCCc1ccco1)[C@@H]1CCCCN1. The summed E-state index contributed by atoms with van der Waals surface area (Å²) in [5, 5.41) is 6.16. The average Bonchev–Trinajstić information content (AvgIpc) is 2.83. The molecule has 1 aliphatic rings. The molecule has 0 aliphatic carbocycles. The van der Waals surface area contributed by atoms with E-state index in [1.165, 1.54) is 6.42 Å². The number of furan rings is 1. The van der Waals surface area contributed by atoms with Crippen molar-refractivity contribution in [3.63, 3.8) is 0 Å². The van der Waals surface area contributed by atoms with Crippen LogP contribution in [0.1, 0.15) is 25.0 Å². The lowest BCUT2D eigenvalue weighted by atomic mass is 10.0. The standard InChI is InChI=1S/C12H18N2O2/c15-12(11-5-1-2-7-13-11)14-8-6-10-4-3-9-16-10/h3-4,9,11,13H,1-2,5-8H2,(H,14,15)/t11-/m0/s1. The van der Waals surface area contributed by atoms with Crippen LogP contribution in [0.3, 0.4) is 0 Å². The molecule has 88 valence electrons. The predicted molar refractivity (Wildman–Crippen MR) is 61.1 cm³/mol. The first-order valence-corrected chi connectivity index (χ1v) is 5.90. The number of rotatable bonds is 4. The number of hydrogen-bond acceptors (Lipinski definition) is 3. The number of hydrogen-bond donors (Lipinski definition) is 2. The molecule has 1 fully saturated rings. The van der Waals surface area contributed by atoms with Gasteiger partial charge in [-0.2, -0.15) is 0 Å². The molecule has 1 aromatic heterocycles. The van der Waals surface area contributed by atoms with Crippen molar-refractivity contribution < 1.29 is 9.21 Å². The van der Waals surface area contributed by atoms with Gasteiger partial charge in [-0.15, -0.1) is 0 Å². The average molecular weight is 222 g/mol. The zero-order chi connectivity index (χ0) is 11.2. The molecule has 1 amide bonds. The summed E-state index contributed by atoms with van der Waals surface area (Å²) in [5.41, 5.74) is 0. The smallest absolute Gasteiger partial charge is 0.237 e. The van der Waals surface area contributed by atoms with Crippen molar-refractivity contribution in [1.29, 1.82) is 0 Å². The maximum atomic E-state index is 11.7. The number of piperidine rings is 1. The molecule has 2 rings (SSSR count). The van der Waals surface area contributed by atoms with E-state index in [9.17, 15) is 4.79 Å². The molecular weight excluding hydrogens is 204 g/mol. The summed E-state index contributed by atoms with van der Waals surface area (Å²) in [5.74, 6) is 1.03. The zero-order valence-electron chi connectivity index (χ0n) is 9.37. The molecule has 2 N–H and O–H groups in total. The summed E-state index contributed by atoms with van der Waals surface area (Å²) in [6.07, 6.45) is 5.68. The van der Waals surface area contributed by atoms with Gasteiger partial charge in [-0.1, -0.05) is 6.42 Å². The van der Waals surface area contributed by atoms with Gasteiger partial charge in [0, 0.05) is 13.0 Å². The minimum absolute atomic E-state index is 0.00495. The maximum Gasteiger partial charge on any atom is 0.237 e. The molecule has 1 aliphatic heterocycles. The van der Waals surface area contributed by atoms with E-state index in [-0.39, 0.29) is 11.9 Å². The summed E-state index contributed by atoms with van der Waals surface area (Å²) in [7, 11) is 0. The van der Waals surface area contributed by atoms with E-state index < -0.39 is 0 Å². The fourth-order valence-corrected chi connectivity index (χ4v) is 1.96. The van der Waals surface area contributed by atoms with Gasteiger partial charge in [0.15, 0.2) is 0 Å². The summed E-state index contributed by atoms with van der Waals surface area (Å²) in [6, 6.07) is 3.79. The topological polar surface area (TPSA) is 54.3 Å². The van der Waals surface area contributed by atoms with Crippen molar-refractivity contribution >= 4 is 5.91 Å². The highest BCUT2D eigenvalue weighted by Gasteiger charge is 2.19. The fraction of sp³-hybridized carbons (Fsp3) is 0.583. The zero-order valence-corrected chi connectivity index (χ0v) is 9.37. The Morgan fingerprint density at radius 1 is 1.56 bits per heavy atom. The van der Waals surface area contributed by atoms with E-state index in [2.05, 4.69) is 10.6 Å². The third kappa shape index (κ3) is 3.10. The first-order valence-electron chi connectivity index (χ1n) is 5.90. The van der Waals surface area contributed by atoms with Gasteiger partial charge in [-0.05, 0) is 31.5 Å². The van der Waals surface area contributed by atoms with Crippen LogP contribution in [0.4, 0.5) is 0 Å². The Hall–Kier alpha value is -1.29. The third-order valence-electron chi connectivity index (χ3n) is 2.88. The molecule has 16 heavy (non-hydrogen) atoms. The minimum atomic E-state index is 0.00495. The van der Waals surface area contributed by atoms with E-state index >= 15 is 0 Å². The van der Waals surface area contributed by atoms with E-state index in [4.69, 9.17) is 4.42 Å². The van der Waals surface area contributed by atoms with Crippen molar-refractivity contribution in [2.75, 3.05) is 13.1 Å². The van der Waals surface area contributed by atoms with Gasteiger partial charge in [-0.25, -0.2) is 0 Å². The van der Waals surface area contributed by atoms with Gasteiger partial charge in [0.05, 0.1) is 12.3 Å². The van der Waals surface area contributed by atoms with Crippen molar-refractivity contribution in [3.8, 4) is 0 Å². The van der Waals surface area contributed by atoms with Gasteiger partial charge in [0.1, 0.15) is 5.76 Å². The van der Waals surface area contributed by atoms with Crippen LogP contribution < -0.4 is 10.6 Å². The van der Waals surface area contributed by atoms with Crippen LogP contribution in [0.5, 0.6) is 0 Å². The van der Waals surface area contributed by atoms with Crippen LogP contribution in [0.25, 0.3) is 0 Å². The van der Waals surface area contributed by atoms with Gasteiger partial charge in [-0.3, -0.25) is 4.79 Å². The lowest BCUT2D eigenvalue weighted by molar-refractivity contribution is -0.123. The fourth-order valence-electron chi connectivity index (χ4n) is 1.96. The Bertz CT molecular complexity index is 316. The van der Waals surface area contributed by atoms with Crippen LogP contribution >= 0.6 is 0 Å². The monoisotopic (exact) mass is 222 g/mol. The van der Waals surface area contributed by atoms with Crippen molar-refractivity contribution in [2.45, 2.75) is 31.7 Å². The number of amides is 1. The molecule has 2 heterocycles. The Kier molecular flexibility index (Phi) is 3.99. The molecule has 1 saturated heterocycles. The molecule has 0 saturated carbocycles. The van der Waals surface area contributed by atoms with Crippen molar-refractivity contribution in [3.05, 3.63) is 24.2 Å². The van der Waals surface area contributed by atoms with Crippen LogP contribution in [0.2, 0.25) is 0 Å². The molecule has 4 nitrogen and oxygen atoms in total.